The molecular weight excluding hydrogens is 380 g/mol. The second kappa shape index (κ2) is 13.5. The van der Waals surface area contributed by atoms with E-state index in [1.165, 1.54) is 122 Å². The second-order valence-electron chi connectivity index (χ2n) is 11.8. The van der Waals surface area contributed by atoms with E-state index in [2.05, 4.69) is 0 Å². The summed E-state index contributed by atoms with van der Waals surface area (Å²) in [5, 5.41) is 0. The number of fused-ring (bicyclic) bond motifs is 4. The molecule has 0 unspecified atom stereocenters. The Hall–Kier alpha value is -0.160. The molecule has 0 aliphatic heterocycles. The monoisotopic (exact) mass is 434 g/mol. The zero-order valence-electron chi connectivity index (χ0n) is 20.4. The molecule has 182 valence electrons. The van der Waals surface area contributed by atoms with Crippen LogP contribution in [-0.2, 0) is 0 Å². The Bertz CT molecular complexity index is 440. The molecule has 6 aliphatic rings. The molecule has 6 rings (SSSR count). The maximum Gasteiger partial charge on any atom is 0.00699 e. The third-order valence-corrected chi connectivity index (χ3v) is 9.14. The van der Waals surface area contributed by atoms with Gasteiger partial charge in [0.05, 0.1) is 0 Å². The summed E-state index contributed by atoms with van der Waals surface area (Å²) in [6, 6.07) is 2.22. The Morgan fingerprint density at radius 3 is 0.935 bits per heavy atom. The van der Waals surface area contributed by atoms with Crippen LogP contribution >= 0.6 is 0 Å². The number of hydrogen-bond acceptors (Lipinski definition) is 4. The maximum absolute atomic E-state index is 5.82. The first kappa shape index (κ1) is 25.5. The smallest absolute Gasteiger partial charge is 0.00699 e. The molecule has 4 bridgehead atoms. The predicted molar refractivity (Wildman–Crippen MR) is 134 cm³/mol. The predicted octanol–water partition coefficient (Wildman–Crippen LogP) is 5.21. The molecule has 6 aliphatic carbocycles. The van der Waals surface area contributed by atoms with E-state index in [-0.39, 0.29) is 0 Å². The SMILES string of the molecule is NC1CCCCC1.NC1CCCCCC1.N[C@@H]1C[C@H]2CC[C@@H]1C2.N[C@H]1C[C@H]2CC[C@@H]1C2. The van der Waals surface area contributed by atoms with Crippen molar-refractivity contribution in [3.8, 4) is 0 Å². The molecule has 6 saturated carbocycles. The van der Waals surface area contributed by atoms with E-state index >= 15 is 0 Å². The minimum Gasteiger partial charge on any atom is -0.328 e. The van der Waals surface area contributed by atoms with Crippen molar-refractivity contribution in [3.63, 3.8) is 0 Å². The van der Waals surface area contributed by atoms with Crippen LogP contribution in [0, 0.1) is 23.7 Å². The zero-order chi connectivity index (χ0) is 22.1. The summed E-state index contributed by atoms with van der Waals surface area (Å²) >= 11 is 0. The third-order valence-electron chi connectivity index (χ3n) is 9.14. The highest BCUT2D eigenvalue weighted by atomic mass is 14.7. The summed E-state index contributed by atoms with van der Waals surface area (Å²) in [6.07, 6.45) is 26.1. The quantitative estimate of drug-likeness (QED) is 0.393. The molecule has 0 spiro atoms. The molecule has 0 aromatic carbocycles. The molecule has 6 atom stereocenters. The van der Waals surface area contributed by atoms with Gasteiger partial charge in [0.25, 0.3) is 0 Å². The first-order chi connectivity index (χ1) is 15.0. The number of rotatable bonds is 0. The number of nitrogens with two attached hydrogens (primary N) is 4. The van der Waals surface area contributed by atoms with E-state index in [0.29, 0.717) is 24.2 Å². The lowest BCUT2D eigenvalue weighted by atomic mass is 9.96. The van der Waals surface area contributed by atoms with Crippen LogP contribution in [0.25, 0.3) is 0 Å². The van der Waals surface area contributed by atoms with Crippen LogP contribution in [0.3, 0.4) is 0 Å². The van der Waals surface area contributed by atoms with Gasteiger partial charge in [-0.2, -0.15) is 0 Å². The normalized spacial score (nSPS) is 39.5. The lowest BCUT2D eigenvalue weighted by Gasteiger charge is -2.15. The summed E-state index contributed by atoms with van der Waals surface area (Å²) in [5.41, 5.74) is 23.0. The molecule has 0 saturated heterocycles. The van der Waals surface area contributed by atoms with E-state index < -0.39 is 0 Å². The summed E-state index contributed by atoms with van der Waals surface area (Å²) in [5.74, 6) is 3.88. The minimum atomic E-state index is 0.525. The summed E-state index contributed by atoms with van der Waals surface area (Å²) in [6.45, 7) is 0. The number of hydrogen-bond donors (Lipinski definition) is 4. The van der Waals surface area contributed by atoms with Gasteiger partial charge in [-0.05, 0) is 87.9 Å². The topological polar surface area (TPSA) is 104 Å². The Kier molecular flexibility index (Phi) is 11.1. The van der Waals surface area contributed by atoms with Crippen LogP contribution in [0.5, 0.6) is 0 Å². The van der Waals surface area contributed by atoms with Gasteiger partial charge in [0.2, 0.25) is 0 Å². The molecule has 0 aromatic rings. The van der Waals surface area contributed by atoms with E-state index in [1.54, 1.807) is 0 Å². The minimum absolute atomic E-state index is 0.525. The highest BCUT2D eigenvalue weighted by Crippen LogP contribution is 2.44. The van der Waals surface area contributed by atoms with E-state index in [9.17, 15) is 0 Å². The first-order valence-electron chi connectivity index (χ1n) is 14.0. The van der Waals surface area contributed by atoms with Crippen molar-refractivity contribution in [1.82, 2.24) is 0 Å². The third kappa shape index (κ3) is 8.95. The fourth-order valence-electron chi connectivity index (χ4n) is 7.03. The Morgan fingerprint density at radius 2 is 0.710 bits per heavy atom. The molecule has 0 radical (unpaired) electrons. The molecular formula is C27H54N4. The van der Waals surface area contributed by atoms with Gasteiger partial charge in [-0.1, -0.05) is 57.8 Å². The van der Waals surface area contributed by atoms with Gasteiger partial charge in [-0.25, -0.2) is 0 Å². The van der Waals surface area contributed by atoms with Crippen molar-refractivity contribution in [3.05, 3.63) is 0 Å². The van der Waals surface area contributed by atoms with Crippen LogP contribution in [0.2, 0.25) is 0 Å². The Morgan fingerprint density at radius 1 is 0.355 bits per heavy atom. The van der Waals surface area contributed by atoms with Crippen molar-refractivity contribution >= 4 is 0 Å². The molecule has 0 aromatic heterocycles. The van der Waals surface area contributed by atoms with Crippen molar-refractivity contribution in [2.24, 2.45) is 46.6 Å². The molecule has 4 heteroatoms. The van der Waals surface area contributed by atoms with Crippen molar-refractivity contribution in [2.75, 3.05) is 0 Å². The standard InChI is InChI=1S/2C7H13N.C7H15N.C6H13N/c2*8-7-4-5-1-2-6(7)3-5;8-7-5-3-1-2-4-6-7;7-6-4-2-1-3-5-6/h2*5-7H,1-4,8H2;7H,1-6,8H2;6H,1-5,7H2/t5-,6+,7+;5-,6+,7-;;/m00../s1. The lowest BCUT2D eigenvalue weighted by Crippen LogP contribution is -2.26. The molecule has 6 fully saturated rings. The Balaban J connectivity index is 0.000000117. The van der Waals surface area contributed by atoms with Crippen LogP contribution in [0.15, 0.2) is 0 Å². The zero-order valence-corrected chi connectivity index (χ0v) is 20.4. The van der Waals surface area contributed by atoms with Crippen molar-refractivity contribution < 1.29 is 0 Å². The summed E-state index contributed by atoms with van der Waals surface area (Å²) in [4.78, 5) is 0. The van der Waals surface area contributed by atoms with Gasteiger partial charge in [-0.15, -0.1) is 0 Å². The van der Waals surface area contributed by atoms with Gasteiger partial charge >= 0.3 is 0 Å². The summed E-state index contributed by atoms with van der Waals surface area (Å²) < 4.78 is 0. The van der Waals surface area contributed by atoms with E-state index in [4.69, 9.17) is 22.9 Å². The highest BCUT2D eigenvalue weighted by Gasteiger charge is 2.37. The highest BCUT2D eigenvalue weighted by molar-refractivity contribution is 4.92. The average Bonchev–Trinajstić information content (AvgIpc) is 3.52. The molecule has 0 heterocycles. The molecule has 8 N–H and O–H groups in total. The fourth-order valence-corrected chi connectivity index (χ4v) is 7.03. The fraction of sp³-hybridized carbons (Fsp3) is 1.00. The van der Waals surface area contributed by atoms with Crippen LogP contribution in [0.4, 0.5) is 0 Å². The van der Waals surface area contributed by atoms with Crippen LogP contribution < -0.4 is 22.9 Å². The average molecular weight is 435 g/mol. The maximum atomic E-state index is 5.82. The van der Waals surface area contributed by atoms with Crippen LogP contribution in [-0.4, -0.2) is 24.2 Å². The largest absolute Gasteiger partial charge is 0.328 e. The van der Waals surface area contributed by atoms with Gasteiger partial charge in [0, 0.05) is 24.2 Å². The van der Waals surface area contributed by atoms with E-state index in [0.717, 1.165) is 23.7 Å². The first-order valence-corrected chi connectivity index (χ1v) is 14.0. The second-order valence-corrected chi connectivity index (χ2v) is 11.8. The van der Waals surface area contributed by atoms with Crippen molar-refractivity contribution in [2.45, 2.75) is 146 Å². The van der Waals surface area contributed by atoms with E-state index in [1.807, 2.05) is 0 Å². The van der Waals surface area contributed by atoms with Crippen molar-refractivity contribution in [1.29, 1.82) is 0 Å². The summed E-state index contributed by atoms with van der Waals surface area (Å²) in [7, 11) is 0. The molecule has 31 heavy (non-hydrogen) atoms. The van der Waals surface area contributed by atoms with Gasteiger partial charge in [0.1, 0.15) is 0 Å². The molecule has 0 amide bonds. The van der Waals surface area contributed by atoms with Gasteiger partial charge in [0.15, 0.2) is 0 Å². The Labute approximate surface area is 193 Å². The lowest BCUT2D eigenvalue weighted by molar-refractivity contribution is 0.418. The van der Waals surface area contributed by atoms with Gasteiger partial charge < -0.3 is 22.9 Å². The van der Waals surface area contributed by atoms with Crippen LogP contribution in [0.1, 0.15) is 122 Å². The van der Waals surface area contributed by atoms with Gasteiger partial charge in [-0.3, -0.25) is 0 Å². The molecule has 4 nitrogen and oxygen atoms in total.